The molecule has 23 heavy (non-hydrogen) atoms. The van der Waals surface area contributed by atoms with Gasteiger partial charge < -0.3 is 14.5 Å². The van der Waals surface area contributed by atoms with E-state index < -0.39 is 0 Å². The van der Waals surface area contributed by atoms with Crippen molar-refractivity contribution >= 4 is 0 Å². The molecule has 0 bridgehead atoms. The zero-order valence-corrected chi connectivity index (χ0v) is 14.4. The molecule has 0 saturated carbocycles. The van der Waals surface area contributed by atoms with Gasteiger partial charge in [0.25, 0.3) is 0 Å². The Bertz CT molecular complexity index is 633. The molecule has 0 fully saturated rings. The molecule has 2 aromatic rings. The Labute approximate surface area is 139 Å². The van der Waals surface area contributed by atoms with Crippen LogP contribution in [0.15, 0.2) is 34.9 Å². The van der Waals surface area contributed by atoms with Gasteiger partial charge in [0.15, 0.2) is 0 Å². The monoisotopic (exact) mass is 313 g/mol. The van der Waals surface area contributed by atoms with Crippen molar-refractivity contribution in [2.24, 2.45) is 0 Å². The second-order valence-electron chi connectivity index (χ2n) is 6.62. The van der Waals surface area contributed by atoms with Crippen molar-refractivity contribution in [3.63, 3.8) is 0 Å². The van der Waals surface area contributed by atoms with Gasteiger partial charge in [-0.2, -0.15) is 0 Å². The first-order valence-corrected chi connectivity index (χ1v) is 8.58. The normalized spacial score (nSPS) is 18.5. The fourth-order valence-corrected chi connectivity index (χ4v) is 3.92. The Balaban J connectivity index is 1.86. The van der Waals surface area contributed by atoms with Gasteiger partial charge in [0.1, 0.15) is 11.5 Å². The van der Waals surface area contributed by atoms with E-state index in [0.29, 0.717) is 11.8 Å². The van der Waals surface area contributed by atoms with Crippen molar-refractivity contribution in [3.8, 4) is 5.75 Å². The summed E-state index contributed by atoms with van der Waals surface area (Å²) in [6, 6.07) is 8.68. The zero-order chi connectivity index (χ0) is 16.2. The van der Waals surface area contributed by atoms with Gasteiger partial charge in [-0.15, -0.1) is 0 Å². The second kappa shape index (κ2) is 7.22. The largest absolute Gasteiger partial charge is 0.496 e. The van der Waals surface area contributed by atoms with Gasteiger partial charge >= 0.3 is 0 Å². The Hall–Kier alpha value is -1.74. The highest BCUT2D eigenvalue weighted by Gasteiger charge is 2.26. The third-order valence-corrected chi connectivity index (χ3v) is 5.06. The molecule has 0 amide bonds. The van der Waals surface area contributed by atoms with Gasteiger partial charge in [0.2, 0.25) is 0 Å². The first-order chi connectivity index (χ1) is 11.2. The lowest BCUT2D eigenvalue weighted by Crippen LogP contribution is -2.21. The summed E-state index contributed by atoms with van der Waals surface area (Å²) in [4.78, 5) is 0. The molecule has 2 unspecified atom stereocenters. The van der Waals surface area contributed by atoms with Gasteiger partial charge in [0, 0.05) is 12.5 Å². The summed E-state index contributed by atoms with van der Waals surface area (Å²) in [6.07, 6.45) is 6.60. The van der Waals surface area contributed by atoms with Crippen LogP contribution in [0.2, 0.25) is 0 Å². The van der Waals surface area contributed by atoms with Crippen LogP contribution >= 0.6 is 0 Å². The molecule has 0 saturated heterocycles. The molecule has 2 atom stereocenters. The number of hydrogen-bond acceptors (Lipinski definition) is 3. The fraction of sp³-hybridized carbons (Fsp3) is 0.500. The zero-order valence-electron chi connectivity index (χ0n) is 14.4. The summed E-state index contributed by atoms with van der Waals surface area (Å²) in [5.74, 6) is 3.14. The van der Waals surface area contributed by atoms with Crippen molar-refractivity contribution in [1.82, 2.24) is 5.32 Å². The maximum Gasteiger partial charge on any atom is 0.122 e. The van der Waals surface area contributed by atoms with E-state index in [1.165, 1.54) is 36.0 Å². The first kappa shape index (κ1) is 16.1. The minimum absolute atomic E-state index is 0.424. The molecule has 1 aliphatic rings. The summed E-state index contributed by atoms with van der Waals surface area (Å²) in [7, 11) is 3.77. The summed E-state index contributed by atoms with van der Waals surface area (Å²) < 4.78 is 11.2. The van der Waals surface area contributed by atoms with Crippen molar-refractivity contribution in [3.05, 3.63) is 53.0 Å². The minimum Gasteiger partial charge on any atom is -0.496 e. The molecule has 1 N–H and O–H groups in total. The quantitative estimate of drug-likeness (QED) is 0.858. The van der Waals surface area contributed by atoms with Crippen LogP contribution in [0.4, 0.5) is 0 Å². The van der Waals surface area contributed by atoms with Gasteiger partial charge in [-0.25, -0.2) is 0 Å². The Morgan fingerprint density at radius 2 is 2.26 bits per heavy atom. The predicted octanol–water partition coefficient (Wildman–Crippen LogP) is 4.41. The minimum atomic E-state index is 0.424. The van der Waals surface area contributed by atoms with E-state index in [0.717, 1.165) is 24.5 Å². The van der Waals surface area contributed by atoms with Crippen LogP contribution in [-0.2, 0) is 6.42 Å². The lowest BCUT2D eigenvalue weighted by atomic mass is 9.77. The van der Waals surface area contributed by atoms with Crippen LogP contribution in [0.1, 0.15) is 53.5 Å². The smallest absolute Gasteiger partial charge is 0.122 e. The molecule has 0 aliphatic heterocycles. The molecule has 124 valence electrons. The number of hydrogen-bond donors (Lipinski definition) is 1. The second-order valence-corrected chi connectivity index (χ2v) is 6.62. The van der Waals surface area contributed by atoms with E-state index in [9.17, 15) is 0 Å². The standard InChI is InChI=1S/C20H27NO2/c1-14-10-18-15(6-4-7-16(18)12-20(14)22-3)11-17(13-21-2)19-8-5-9-23-19/h5,8-10,12,15,17,21H,4,6-7,11,13H2,1-3H3. The van der Waals surface area contributed by atoms with Crippen molar-refractivity contribution in [2.45, 2.75) is 44.4 Å². The van der Waals surface area contributed by atoms with E-state index in [4.69, 9.17) is 9.15 Å². The Kier molecular flexibility index (Phi) is 5.06. The maximum atomic E-state index is 5.68. The SMILES string of the molecule is CNCC(CC1CCCc2cc(OC)c(C)cc21)c1ccco1. The van der Waals surface area contributed by atoms with E-state index >= 15 is 0 Å². The number of rotatable bonds is 6. The third-order valence-electron chi connectivity index (χ3n) is 5.06. The summed E-state index contributed by atoms with van der Waals surface area (Å²) >= 11 is 0. The summed E-state index contributed by atoms with van der Waals surface area (Å²) in [5, 5.41) is 3.32. The van der Waals surface area contributed by atoms with Gasteiger partial charge in [-0.1, -0.05) is 6.07 Å². The van der Waals surface area contributed by atoms with Crippen LogP contribution < -0.4 is 10.1 Å². The number of nitrogens with one attached hydrogen (secondary N) is 1. The topological polar surface area (TPSA) is 34.4 Å². The lowest BCUT2D eigenvalue weighted by Gasteiger charge is -2.29. The van der Waals surface area contributed by atoms with Crippen molar-refractivity contribution in [2.75, 3.05) is 20.7 Å². The van der Waals surface area contributed by atoms with E-state index in [-0.39, 0.29) is 0 Å². The Morgan fingerprint density at radius 3 is 2.96 bits per heavy atom. The van der Waals surface area contributed by atoms with Gasteiger partial charge in [0.05, 0.1) is 13.4 Å². The van der Waals surface area contributed by atoms with Crippen LogP contribution in [0, 0.1) is 6.92 Å². The van der Waals surface area contributed by atoms with Crippen LogP contribution in [0.5, 0.6) is 5.75 Å². The number of aryl methyl sites for hydroxylation is 2. The van der Waals surface area contributed by atoms with Crippen LogP contribution in [-0.4, -0.2) is 20.7 Å². The third kappa shape index (κ3) is 3.45. The first-order valence-electron chi connectivity index (χ1n) is 8.58. The average molecular weight is 313 g/mol. The summed E-state index contributed by atoms with van der Waals surface area (Å²) in [5.41, 5.74) is 4.22. The fourth-order valence-electron chi connectivity index (χ4n) is 3.92. The number of furan rings is 1. The molecule has 0 radical (unpaired) electrons. The number of ether oxygens (including phenoxy) is 1. The average Bonchev–Trinajstić information content (AvgIpc) is 3.09. The van der Waals surface area contributed by atoms with Gasteiger partial charge in [-0.05, 0) is 80.5 Å². The molecular weight excluding hydrogens is 286 g/mol. The Morgan fingerprint density at radius 1 is 1.39 bits per heavy atom. The molecule has 1 aromatic heterocycles. The van der Waals surface area contributed by atoms with E-state index in [2.05, 4.69) is 30.4 Å². The molecule has 1 aromatic carbocycles. The molecule has 0 spiro atoms. The highest BCUT2D eigenvalue weighted by Crippen LogP contribution is 2.40. The molecule has 3 heteroatoms. The highest BCUT2D eigenvalue weighted by molar-refractivity contribution is 5.45. The highest BCUT2D eigenvalue weighted by atomic mass is 16.5. The van der Waals surface area contributed by atoms with Gasteiger partial charge in [-0.3, -0.25) is 0 Å². The maximum absolute atomic E-state index is 5.68. The number of fused-ring (bicyclic) bond motifs is 1. The van der Waals surface area contributed by atoms with Crippen LogP contribution in [0.25, 0.3) is 0 Å². The van der Waals surface area contributed by atoms with Crippen molar-refractivity contribution < 1.29 is 9.15 Å². The lowest BCUT2D eigenvalue weighted by molar-refractivity contribution is 0.392. The van der Waals surface area contributed by atoms with E-state index in [1.807, 2.05) is 13.1 Å². The van der Waals surface area contributed by atoms with Crippen molar-refractivity contribution in [1.29, 1.82) is 0 Å². The van der Waals surface area contributed by atoms with Crippen LogP contribution in [0.3, 0.4) is 0 Å². The number of likely N-dealkylation sites (N-methyl/N-ethyl adjacent to an activating group) is 1. The molecule has 3 nitrogen and oxygen atoms in total. The van der Waals surface area contributed by atoms with E-state index in [1.54, 1.807) is 13.4 Å². The molecule has 1 heterocycles. The number of methoxy groups -OCH3 is 1. The summed E-state index contributed by atoms with van der Waals surface area (Å²) in [6.45, 7) is 3.09. The predicted molar refractivity (Wildman–Crippen MR) is 93.4 cm³/mol. The number of benzene rings is 1. The molecular formula is C20H27NO2. The molecule has 1 aliphatic carbocycles. The molecule has 3 rings (SSSR count).